The second kappa shape index (κ2) is 10.9. The molecular weight excluding hydrogens is 338 g/mol. The highest BCUT2D eigenvalue weighted by Crippen LogP contribution is 2.37. The molecule has 0 bridgehead atoms. The third-order valence-electron chi connectivity index (χ3n) is 5.60. The minimum absolute atomic E-state index is 0.00260. The van der Waals surface area contributed by atoms with E-state index in [0.717, 1.165) is 30.1 Å². The van der Waals surface area contributed by atoms with E-state index in [1.807, 2.05) is 12.1 Å². The summed E-state index contributed by atoms with van der Waals surface area (Å²) in [7, 11) is 0. The second-order valence-electron chi connectivity index (χ2n) is 8.90. The van der Waals surface area contributed by atoms with Crippen molar-refractivity contribution in [3.05, 3.63) is 23.8 Å². The summed E-state index contributed by atoms with van der Waals surface area (Å²) >= 11 is 0. The molecule has 0 radical (unpaired) electrons. The van der Waals surface area contributed by atoms with Crippen LogP contribution in [0.15, 0.2) is 18.2 Å². The normalized spacial score (nSPS) is 16.5. The lowest BCUT2D eigenvalue weighted by Gasteiger charge is -2.27. The lowest BCUT2D eigenvalue weighted by molar-refractivity contribution is 0.172. The Balaban J connectivity index is 1.69. The van der Waals surface area contributed by atoms with Crippen molar-refractivity contribution < 1.29 is 14.9 Å². The fourth-order valence-corrected chi connectivity index (χ4v) is 3.57. The second-order valence-corrected chi connectivity index (χ2v) is 8.90. The number of aryl methyl sites for hydroxylation is 1. The maximum atomic E-state index is 10.3. The fourth-order valence-electron chi connectivity index (χ4n) is 3.57. The van der Waals surface area contributed by atoms with Crippen LogP contribution in [0.25, 0.3) is 0 Å². The van der Waals surface area contributed by atoms with Gasteiger partial charge in [0.1, 0.15) is 11.5 Å². The Bertz CT molecular complexity index is 557. The van der Waals surface area contributed by atoms with Crippen molar-refractivity contribution in [1.82, 2.24) is 0 Å². The molecule has 0 amide bonds. The van der Waals surface area contributed by atoms with Crippen molar-refractivity contribution in [2.75, 3.05) is 13.2 Å². The van der Waals surface area contributed by atoms with Crippen molar-refractivity contribution in [2.45, 2.75) is 83.6 Å². The number of aliphatic hydroxyl groups excluding tert-OH is 1. The average molecular weight is 378 g/mol. The number of ether oxygens (including phenoxy) is 1. The summed E-state index contributed by atoms with van der Waals surface area (Å²) < 4.78 is 5.77. The Morgan fingerprint density at radius 1 is 1.19 bits per heavy atom. The molecular formula is C23H39NO3. The van der Waals surface area contributed by atoms with Gasteiger partial charge in [-0.15, -0.1) is 0 Å². The molecule has 0 heterocycles. The predicted molar refractivity (Wildman–Crippen MR) is 111 cm³/mol. The molecule has 1 saturated carbocycles. The summed E-state index contributed by atoms with van der Waals surface area (Å²) in [5.41, 5.74) is 6.68. The predicted octanol–water partition coefficient (Wildman–Crippen LogP) is 4.80. The van der Waals surface area contributed by atoms with Gasteiger partial charge in [-0.3, -0.25) is 0 Å². The van der Waals surface area contributed by atoms with E-state index < -0.39 is 5.54 Å². The number of hydrogen-bond acceptors (Lipinski definition) is 4. The number of rotatable bonds is 14. The maximum Gasteiger partial charge on any atom is 0.122 e. The van der Waals surface area contributed by atoms with Gasteiger partial charge in [0.15, 0.2) is 0 Å². The average Bonchev–Trinajstić information content (AvgIpc) is 3.43. The SMILES string of the molecule is CC(C)CCCCCCOc1ccc(CC[C@@](N)(CO)CC2CC2)c(O)c1. The maximum absolute atomic E-state index is 10.3. The summed E-state index contributed by atoms with van der Waals surface area (Å²) in [6.07, 6.45) is 10.8. The molecule has 1 aliphatic carbocycles. The van der Waals surface area contributed by atoms with Gasteiger partial charge in [-0.25, -0.2) is 0 Å². The first-order chi connectivity index (χ1) is 12.9. The van der Waals surface area contributed by atoms with Crippen molar-refractivity contribution in [2.24, 2.45) is 17.6 Å². The topological polar surface area (TPSA) is 75.7 Å². The highest BCUT2D eigenvalue weighted by atomic mass is 16.5. The van der Waals surface area contributed by atoms with E-state index in [0.29, 0.717) is 25.4 Å². The molecule has 1 aromatic carbocycles. The van der Waals surface area contributed by atoms with Gasteiger partial charge in [0.2, 0.25) is 0 Å². The smallest absolute Gasteiger partial charge is 0.122 e. The van der Waals surface area contributed by atoms with Gasteiger partial charge < -0.3 is 20.7 Å². The highest BCUT2D eigenvalue weighted by Gasteiger charge is 2.33. The lowest BCUT2D eigenvalue weighted by Crippen LogP contribution is -2.44. The number of unbranched alkanes of at least 4 members (excludes halogenated alkanes) is 3. The first-order valence-corrected chi connectivity index (χ1v) is 10.8. The standard InChI is InChI=1S/C23H39NO3/c1-18(2)7-5-3-4-6-14-27-21-11-10-20(22(26)15-21)12-13-23(24,17-25)16-19-8-9-19/h10-11,15,18-19,25-26H,3-9,12-14,16-17,24H2,1-2H3/t23-/m0/s1. The molecule has 0 aromatic heterocycles. The van der Waals surface area contributed by atoms with E-state index in [4.69, 9.17) is 10.5 Å². The fraction of sp³-hybridized carbons (Fsp3) is 0.739. The van der Waals surface area contributed by atoms with E-state index >= 15 is 0 Å². The summed E-state index contributed by atoms with van der Waals surface area (Å²) in [5, 5.41) is 19.9. The van der Waals surface area contributed by atoms with E-state index in [-0.39, 0.29) is 12.4 Å². The van der Waals surface area contributed by atoms with Crippen molar-refractivity contribution >= 4 is 0 Å². The van der Waals surface area contributed by atoms with E-state index in [1.54, 1.807) is 6.07 Å². The summed E-state index contributed by atoms with van der Waals surface area (Å²) in [5.74, 6) is 2.45. The Kier molecular flexibility index (Phi) is 8.91. The molecule has 1 atom stereocenters. The van der Waals surface area contributed by atoms with Crippen LogP contribution in [0.1, 0.15) is 77.2 Å². The van der Waals surface area contributed by atoms with E-state index in [2.05, 4.69) is 13.8 Å². The van der Waals surface area contributed by atoms with Crippen molar-refractivity contribution in [1.29, 1.82) is 0 Å². The monoisotopic (exact) mass is 377 g/mol. The zero-order valence-electron chi connectivity index (χ0n) is 17.3. The Morgan fingerprint density at radius 2 is 1.93 bits per heavy atom. The Hall–Kier alpha value is -1.26. The van der Waals surface area contributed by atoms with Crippen LogP contribution < -0.4 is 10.5 Å². The number of aromatic hydroxyl groups is 1. The first-order valence-electron chi connectivity index (χ1n) is 10.8. The van der Waals surface area contributed by atoms with Crippen molar-refractivity contribution in [3.63, 3.8) is 0 Å². The Morgan fingerprint density at radius 3 is 2.56 bits per heavy atom. The quantitative estimate of drug-likeness (QED) is 0.407. The third-order valence-corrected chi connectivity index (χ3v) is 5.60. The lowest BCUT2D eigenvalue weighted by atomic mass is 9.87. The van der Waals surface area contributed by atoms with Gasteiger partial charge in [-0.1, -0.05) is 58.4 Å². The molecule has 1 aromatic rings. The van der Waals surface area contributed by atoms with Crippen molar-refractivity contribution in [3.8, 4) is 11.5 Å². The summed E-state index contributed by atoms with van der Waals surface area (Å²) in [6.45, 7) is 5.23. The largest absolute Gasteiger partial charge is 0.508 e. The van der Waals surface area contributed by atoms with E-state index in [9.17, 15) is 10.2 Å². The molecule has 0 spiro atoms. The number of phenols is 1. The highest BCUT2D eigenvalue weighted by molar-refractivity contribution is 5.39. The molecule has 0 unspecified atom stereocenters. The van der Waals surface area contributed by atoms with Gasteiger partial charge in [0, 0.05) is 11.6 Å². The zero-order valence-corrected chi connectivity index (χ0v) is 17.3. The van der Waals surface area contributed by atoms with Crippen LogP contribution in [0.4, 0.5) is 0 Å². The molecule has 1 fully saturated rings. The number of nitrogens with two attached hydrogens (primary N) is 1. The molecule has 27 heavy (non-hydrogen) atoms. The molecule has 0 saturated heterocycles. The molecule has 4 heteroatoms. The third kappa shape index (κ3) is 8.52. The van der Waals surface area contributed by atoms with Crippen LogP contribution in [-0.2, 0) is 6.42 Å². The van der Waals surface area contributed by atoms with Crippen LogP contribution in [0.3, 0.4) is 0 Å². The molecule has 0 aliphatic heterocycles. The number of benzene rings is 1. The van der Waals surface area contributed by atoms with Gasteiger partial charge in [-0.2, -0.15) is 0 Å². The summed E-state index contributed by atoms with van der Waals surface area (Å²) in [6, 6.07) is 5.54. The van der Waals surface area contributed by atoms with Crippen LogP contribution >= 0.6 is 0 Å². The zero-order chi connectivity index (χ0) is 19.7. The van der Waals surface area contributed by atoms with Crippen LogP contribution in [0, 0.1) is 11.8 Å². The minimum Gasteiger partial charge on any atom is -0.508 e. The number of phenolic OH excluding ortho intramolecular Hbond substituents is 1. The minimum atomic E-state index is -0.529. The van der Waals surface area contributed by atoms with Gasteiger partial charge in [0.05, 0.1) is 13.2 Å². The number of aliphatic hydroxyl groups is 1. The molecule has 2 rings (SSSR count). The number of hydrogen-bond donors (Lipinski definition) is 3. The molecule has 4 nitrogen and oxygen atoms in total. The molecule has 4 N–H and O–H groups in total. The molecule has 154 valence electrons. The van der Waals surface area contributed by atoms with Crippen LogP contribution in [-0.4, -0.2) is 29.0 Å². The van der Waals surface area contributed by atoms with Gasteiger partial charge in [-0.05, 0) is 49.1 Å². The summed E-state index contributed by atoms with van der Waals surface area (Å²) in [4.78, 5) is 0. The van der Waals surface area contributed by atoms with Gasteiger partial charge in [0.25, 0.3) is 0 Å². The van der Waals surface area contributed by atoms with Crippen LogP contribution in [0.2, 0.25) is 0 Å². The van der Waals surface area contributed by atoms with E-state index in [1.165, 1.54) is 38.5 Å². The van der Waals surface area contributed by atoms with Gasteiger partial charge >= 0.3 is 0 Å². The first kappa shape index (κ1) is 22.0. The van der Waals surface area contributed by atoms with Crippen LogP contribution in [0.5, 0.6) is 11.5 Å². The molecule has 1 aliphatic rings. The Labute approximate surface area is 165 Å².